The first-order chi connectivity index (χ1) is 12.1. The number of pyridine rings is 1. The zero-order valence-corrected chi connectivity index (χ0v) is 14.4. The third-order valence-electron chi connectivity index (χ3n) is 4.83. The number of aryl methyl sites for hydroxylation is 1. The van der Waals surface area contributed by atoms with E-state index in [1.807, 2.05) is 38.6 Å². The molecule has 3 aromatic rings. The van der Waals surface area contributed by atoms with Gasteiger partial charge < -0.3 is 5.32 Å². The predicted molar refractivity (Wildman–Crippen MR) is 98.2 cm³/mol. The number of carbonyl (C=O) groups is 1. The number of nitrogens with one attached hydrogen (secondary N) is 1. The summed E-state index contributed by atoms with van der Waals surface area (Å²) in [6.45, 7) is 0.970. The third kappa shape index (κ3) is 3.13. The monoisotopic (exact) mass is 335 g/mol. The van der Waals surface area contributed by atoms with Gasteiger partial charge in [-0.1, -0.05) is 12.1 Å². The Morgan fingerprint density at radius 3 is 2.76 bits per heavy atom. The van der Waals surface area contributed by atoms with Crippen molar-refractivity contribution in [1.82, 2.24) is 19.7 Å². The second-order valence-corrected chi connectivity index (χ2v) is 6.66. The van der Waals surface area contributed by atoms with Crippen LogP contribution in [0.4, 0.5) is 5.82 Å². The molecule has 0 saturated carbocycles. The van der Waals surface area contributed by atoms with Gasteiger partial charge in [0.15, 0.2) is 0 Å². The fourth-order valence-electron chi connectivity index (χ4n) is 3.41. The van der Waals surface area contributed by atoms with Crippen molar-refractivity contribution < 1.29 is 4.79 Å². The number of likely N-dealkylation sites (N-methyl/N-ethyl adjacent to an activating group) is 1. The summed E-state index contributed by atoms with van der Waals surface area (Å²) in [6, 6.07) is 8.08. The van der Waals surface area contributed by atoms with Gasteiger partial charge in [-0.3, -0.25) is 14.4 Å². The molecule has 0 spiro atoms. The lowest BCUT2D eigenvalue weighted by Gasteiger charge is -2.18. The van der Waals surface area contributed by atoms with Gasteiger partial charge in [-0.25, -0.2) is 4.98 Å². The van der Waals surface area contributed by atoms with Gasteiger partial charge in [0.1, 0.15) is 5.82 Å². The van der Waals surface area contributed by atoms with Crippen LogP contribution in [-0.4, -0.2) is 45.2 Å². The largest absolute Gasteiger partial charge is 0.309 e. The molecule has 1 aliphatic rings. The Balaban J connectivity index is 1.61. The van der Waals surface area contributed by atoms with Crippen molar-refractivity contribution in [2.24, 2.45) is 7.05 Å². The maximum Gasteiger partial charge on any atom is 0.242 e. The molecule has 1 amide bonds. The van der Waals surface area contributed by atoms with Gasteiger partial charge in [-0.15, -0.1) is 0 Å². The number of benzene rings is 1. The van der Waals surface area contributed by atoms with Gasteiger partial charge in [0.25, 0.3) is 0 Å². The minimum atomic E-state index is -0.0563. The number of aromatic nitrogens is 3. The molecule has 1 saturated heterocycles. The van der Waals surface area contributed by atoms with E-state index < -0.39 is 0 Å². The van der Waals surface area contributed by atoms with Gasteiger partial charge in [0.2, 0.25) is 5.91 Å². The van der Waals surface area contributed by atoms with E-state index in [9.17, 15) is 4.79 Å². The first-order valence-electron chi connectivity index (χ1n) is 8.50. The highest BCUT2D eigenvalue weighted by molar-refractivity contribution is 5.96. The molecule has 25 heavy (non-hydrogen) atoms. The van der Waals surface area contributed by atoms with Crippen molar-refractivity contribution in [3.8, 4) is 11.1 Å². The van der Waals surface area contributed by atoms with Crippen LogP contribution in [0.5, 0.6) is 0 Å². The molecule has 6 heteroatoms. The molecule has 1 N–H and O–H groups in total. The lowest BCUT2D eigenvalue weighted by molar-refractivity contribution is -0.119. The predicted octanol–water partition coefficient (Wildman–Crippen LogP) is 2.67. The third-order valence-corrected chi connectivity index (χ3v) is 4.83. The van der Waals surface area contributed by atoms with E-state index in [0.717, 1.165) is 41.3 Å². The summed E-state index contributed by atoms with van der Waals surface area (Å²) in [4.78, 5) is 18.9. The minimum absolute atomic E-state index is 0.0234. The molecule has 1 aromatic carbocycles. The van der Waals surface area contributed by atoms with Crippen LogP contribution in [0.1, 0.15) is 12.8 Å². The van der Waals surface area contributed by atoms with Crippen molar-refractivity contribution in [3.63, 3.8) is 0 Å². The van der Waals surface area contributed by atoms with Crippen molar-refractivity contribution in [1.29, 1.82) is 0 Å². The van der Waals surface area contributed by atoms with Gasteiger partial charge in [0.05, 0.1) is 12.2 Å². The van der Waals surface area contributed by atoms with Crippen LogP contribution in [0, 0.1) is 0 Å². The molecule has 1 fully saturated rings. The van der Waals surface area contributed by atoms with E-state index >= 15 is 0 Å². The number of anilines is 1. The quantitative estimate of drug-likeness (QED) is 0.799. The smallest absolute Gasteiger partial charge is 0.242 e. The summed E-state index contributed by atoms with van der Waals surface area (Å²) in [5.41, 5.74) is 2.17. The molecular formula is C19H21N5O. The summed E-state index contributed by atoms with van der Waals surface area (Å²) in [6.07, 6.45) is 7.60. The maximum absolute atomic E-state index is 12.4. The van der Waals surface area contributed by atoms with E-state index in [-0.39, 0.29) is 11.9 Å². The molecule has 6 nitrogen and oxygen atoms in total. The molecule has 0 unspecified atom stereocenters. The fraction of sp³-hybridized carbons (Fsp3) is 0.316. The van der Waals surface area contributed by atoms with Crippen LogP contribution in [0.15, 0.2) is 42.9 Å². The van der Waals surface area contributed by atoms with Crippen molar-refractivity contribution in [3.05, 3.63) is 42.9 Å². The highest BCUT2D eigenvalue weighted by Gasteiger charge is 2.27. The number of fused-ring (bicyclic) bond motifs is 1. The number of likely N-dealkylation sites (tertiary alicyclic amines) is 1. The maximum atomic E-state index is 12.4. The Bertz CT molecular complexity index is 932. The molecular weight excluding hydrogens is 314 g/mol. The molecule has 1 atom stereocenters. The van der Waals surface area contributed by atoms with Crippen molar-refractivity contribution in [2.75, 3.05) is 18.9 Å². The molecule has 1 aliphatic heterocycles. The van der Waals surface area contributed by atoms with E-state index in [1.165, 1.54) is 0 Å². The number of nitrogens with zero attached hydrogens (tertiary/aromatic N) is 4. The van der Waals surface area contributed by atoms with Crippen LogP contribution in [0.25, 0.3) is 21.9 Å². The van der Waals surface area contributed by atoms with Gasteiger partial charge >= 0.3 is 0 Å². The number of hydrogen-bond acceptors (Lipinski definition) is 4. The van der Waals surface area contributed by atoms with Crippen LogP contribution >= 0.6 is 0 Å². The SMILES string of the molecule is CN1CCC[C@@H]1C(=O)Nc1cc2cc(-c3cnn(C)c3)ccc2cn1. The molecule has 0 radical (unpaired) electrons. The molecule has 4 rings (SSSR count). The lowest BCUT2D eigenvalue weighted by atomic mass is 10.1. The number of carbonyl (C=O) groups excluding carboxylic acids is 1. The standard InChI is InChI=1S/C19H21N5O/c1-23-7-3-4-17(23)19(25)22-18-9-15-8-13(5-6-14(15)10-20-18)16-11-21-24(2)12-16/h5-6,8-12,17H,3-4,7H2,1-2H3,(H,20,22,25)/t17-/m1/s1. The normalized spacial score (nSPS) is 17.9. The van der Waals surface area contributed by atoms with Crippen molar-refractivity contribution >= 4 is 22.5 Å². The summed E-state index contributed by atoms with van der Waals surface area (Å²) >= 11 is 0. The van der Waals surface area contributed by atoms with Crippen LogP contribution in [-0.2, 0) is 11.8 Å². The first kappa shape index (κ1) is 15.8. The van der Waals surface area contributed by atoms with E-state index in [4.69, 9.17) is 0 Å². The average Bonchev–Trinajstić information content (AvgIpc) is 3.22. The number of rotatable bonds is 3. The topological polar surface area (TPSA) is 63.1 Å². The molecule has 0 bridgehead atoms. The fourth-order valence-corrected chi connectivity index (χ4v) is 3.41. The van der Waals surface area contributed by atoms with Gasteiger partial charge in [-0.2, -0.15) is 5.10 Å². The lowest BCUT2D eigenvalue weighted by Crippen LogP contribution is -2.37. The number of amides is 1. The van der Waals surface area contributed by atoms with Crippen LogP contribution < -0.4 is 5.32 Å². The van der Waals surface area contributed by atoms with Crippen LogP contribution in [0.3, 0.4) is 0 Å². The van der Waals surface area contributed by atoms with Crippen molar-refractivity contribution in [2.45, 2.75) is 18.9 Å². The van der Waals surface area contributed by atoms with Crippen LogP contribution in [0.2, 0.25) is 0 Å². The molecule has 128 valence electrons. The molecule has 0 aliphatic carbocycles. The zero-order valence-electron chi connectivity index (χ0n) is 14.4. The second kappa shape index (κ2) is 6.29. The summed E-state index contributed by atoms with van der Waals surface area (Å²) in [5, 5.41) is 9.28. The Hall–Kier alpha value is -2.73. The summed E-state index contributed by atoms with van der Waals surface area (Å²) < 4.78 is 1.79. The van der Waals surface area contributed by atoms with E-state index in [1.54, 1.807) is 10.9 Å². The minimum Gasteiger partial charge on any atom is -0.309 e. The van der Waals surface area contributed by atoms with E-state index in [0.29, 0.717) is 5.82 Å². The highest BCUT2D eigenvalue weighted by Crippen LogP contribution is 2.25. The first-order valence-corrected chi connectivity index (χ1v) is 8.50. The van der Waals surface area contributed by atoms with E-state index in [2.05, 4.69) is 32.4 Å². The Morgan fingerprint density at radius 2 is 2.04 bits per heavy atom. The molecule has 2 aromatic heterocycles. The Morgan fingerprint density at radius 1 is 1.16 bits per heavy atom. The molecule has 3 heterocycles. The Kier molecular flexibility index (Phi) is 3.97. The highest BCUT2D eigenvalue weighted by atomic mass is 16.2. The summed E-state index contributed by atoms with van der Waals surface area (Å²) in [5.74, 6) is 0.622. The van der Waals surface area contributed by atoms with Gasteiger partial charge in [0, 0.05) is 30.4 Å². The average molecular weight is 335 g/mol. The van der Waals surface area contributed by atoms with Gasteiger partial charge in [-0.05, 0) is 49.5 Å². The number of hydrogen-bond donors (Lipinski definition) is 1. The second-order valence-electron chi connectivity index (χ2n) is 6.66. The zero-order chi connectivity index (χ0) is 17.4. The Labute approximate surface area is 146 Å². The summed E-state index contributed by atoms with van der Waals surface area (Å²) in [7, 11) is 3.90.